The average molecular weight is 323 g/mol. The van der Waals surface area contributed by atoms with E-state index in [9.17, 15) is 4.39 Å². The van der Waals surface area contributed by atoms with Crippen molar-refractivity contribution in [3.8, 4) is 5.75 Å². The highest BCUT2D eigenvalue weighted by molar-refractivity contribution is 5.92. The second kappa shape index (κ2) is 7.08. The number of rotatable bonds is 5. The number of halogens is 1. The molecule has 3 rings (SSSR count). The minimum absolute atomic E-state index is 0.305. The number of aryl methyl sites for hydroxylation is 1. The molecule has 4 nitrogen and oxygen atoms in total. The molecule has 0 saturated heterocycles. The molecule has 0 aliphatic heterocycles. The van der Waals surface area contributed by atoms with E-state index in [1.54, 1.807) is 18.2 Å². The van der Waals surface area contributed by atoms with Crippen molar-refractivity contribution in [1.29, 1.82) is 0 Å². The summed E-state index contributed by atoms with van der Waals surface area (Å²) in [4.78, 5) is 4.53. The molecule has 5 heteroatoms. The van der Waals surface area contributed by atoms with Gasteiger partial charge in [0, 0.05) is 22.7 Å². The molecule has 1 aromatic heterocycles. The molecule has 3 aromatic rings. The van der Waals surface area contributed by atoms with Crippen LogP contribution in [0.4, 0.5) is 10.1 Å². The maximum Gasteiger partial charge on any atom is 0.132 e. The summed E-state index contributed by atoms with van der Waals surface area (Å²) in [5, 5.41) is 5.07. The van der Waals surface area contributed by atoms with Crippen molar-refractivity contribution < 1.29 is 9.13 Å². The Morgan fingerprint density at radius 2 is 2.04 bits per heavy atom. The first-order valence-corrected chi connectivity index (χ1v) is 7.75. The van der Waals surface area contributed by atoms with E-state index in [4.69, 9.17) is 4.74 Å². The van der Waals surface area contributed by atoms with Crippen molar-refractivity contribution in [1.82, 2.24) is 4.98 Å². The van der Waals surface area contributed by atoms with E-state index in [1.807, 2.05) is 38.1 Å². The molecule has 0 fully saturated rings. The molecule has 0 spiro atoms. The normalized spacial score (nSPS) is 11.1. The highest BCUT2D eigenvalue weighted by atomic mass is 19.1. The number of hydrogen-bond donors (Lipinski definition) is 1. The highest BCUT2D eigenvalue weighted by Gasteiger charge is 2.05. The standard InChI is InChI=1S/C19H18FN3O/c1-3-24-15-8-9-16-18(11-15)22-13(2)10-19(16)23-21-12-14-6-4-5-7-17(14)20/h4-12H,3H2,1-2H3,(H,22,23)/b21-12+. The summed E-state index contributed by atoms with van der Waals surface area (Å²) in [5.41, 5.74) is 5.90. The maximum absolute atomic E-state index is 13.6. The predicted molar refractivity (Wildman–Crippen MR) is 95.3 cm³/mol. The van der Waals surface area contributed by atoms with Gasteiger partial charge in [-0.2, -0.15) is 5.10 Å². The topological polar surface area (TPSA) is 46.5 Å². The zero-order chi connectivity index (χ0) is 16.9. The summed E-state index contributed by atoms with van der Waals surface area (Å²) >= 11 is 0. The van der Waals surface area contributed by atoms with Gasteiger partial charge in [-0.25, -0.2) is 4.39 Å². The minimum Gasteiger partial charge on any atom is -0.494 e. The summed E-state index contributed by atoms with van der Waals surface area (Å²) in [5.74, 6) is 0.476. The maximum atomic E-state index is 13.6. The van der Waals surface area contributed by atoms with E-state index in [1.165, 1.54) is 12.3 Å². The molecule has 1 heterocycles. The van der Waals surface area contributed by atoms with Crippen LogP contribution in [0.1, 0.15) is 18.2 Å². The van der Waals surface area contributed by atoms with Crippen LogP contribution >= 0.6 is 0 Å². The lowest BCUT2D eigenvalue weighted by Crippen LogP contribution is -1.97. The number of pyridine rings is 1. The van der Waals surface area contributed by atoms with Crippen molar-refractivity contribution in [2.24, 2.45) is 5.10 Å². The van der Waals surface area contributed by atoms with Crippen LogP contribution in [0.2, 0.25) is 0 Å². The molecule has 0 amide bonds. The summed E-state index contributed by atoms with van der Waals surface area (Å²) < 4.78 is 19.1. The van der Waals surface area contributed by atoms with Crippen LogP contribution in [0.3, 0.4) is 0 Å². The Kier molecular flexibility index (Phi) is 4.70. The van der Waals surface area contributed by atoms with Gasteiger partial charge < -0.3 is 4.74 Å². The summed E-state index contributed by atoms with van der Waals surface area (Å²) in [6.45, 7) is 4.46. The number of aromatic nitrogens is 1. The molecule has 0 unspecified atom stereocenters. The second-order valence-corrected chi connectivity index (χ2v) is 5.31. The lowest BCUT2D eigenvalue weighted by atomic mass is 10.1. The zero-order valence-electron chi connectivity index (χ0n) is 13.6. The van der Waals surface area contributed by atoms with Crippen LogP contribution in [-0.2, 0) is 0 Å². The quantitative estimate of drug-likeness (QED) is 0.554. The van der Waals surface area contributed by atoms with Gasteiger partial charge in [0.05, 0.1) is 24.0 Å². The molecule has 1 N–H and O–H groups in total. The molecular weight excluding hydrogens is 305 g/mol. The Morgan fingerprint density at radius 3 is 2.83 bits per heavy atom. The van der Waals surface area contributed by atoms with Crippen molar-refractivity contribution in [2.45, 2.75) is 13.8 Å². The highest BCUT2D eigenvalue weighted by Crippen LogP contribution is 2.26. The summed E-state index contributed by atoms with van der Waals surface area (Å²) in [6, 6.07) is 14.1. The number of ether oxygens (including phenoxy) is 1. The third kappa shape index (κ3) is 3.51. The van der Waals surface area contributed by atoms with Gasteiger partial charge in [0.15, 0.2) is 0 Å². The van der Waals surface area contributed by atoms with Crippen molar-refractivity contribution in [3.63, 3.8) is 0 Å². The van der Waals surface area contributed by atoms with Gasteiger partial charge in [-0.05, 0) is 38.1 Å². The van der Waals surface area contributed by atoms with E-state index in [0.717, 1.165) is 28.0 Å². The van der Waals surface area contributed by atoms with E-state index in [0.29, 0.717) is 12.2 Å². The van der Waals surface area contributed by atoms with Gasteiger partial charge in [0.25, 0.3) is 0 Å². The van der Waals surface area contributed by atoms with Crippen LogP contribution in [0, 0.1) is 12.7 Å². The molecule has 2 aromatic carbocycles. The number of fused-ring (bicyclic) bond motifs is 1. The molecule has 0 atom stereocenters. The lowest BCUT2D eigenvalue weighted by Gasteiger charge is -2.09. The second-order valence-electron chi connectivity index (χ2n) is 5.31. The largest absolute Gasteiger partial charge is 0.494 e. The van der Waals surface area contributed by atoms with Crippen molar-refractivity contribution >= 4 is 22.8 Å². The first kappa shape index (κ1) is 15.9. The van der Waals surface area contributed by atoms with Crippen LogP contribution < -0.4 is 10.2 Å². The van der Waals surface area contributed by atoms with Gasteiger partial charge in [-0.1, -0.05) is 18.2 Å². The average Bonchev–Trinajstić information content (AvgIpc) is 2.56. The number of nitrogens with one attached hydrogen (secondary N) is 1. The van der Waals surface area contributed by atoms with Crippen LogP contribution in [0.15, 0.2) is 53.6 Å². The molecule has 24 heavy (non-hydrogen) atoms. The van der Waals surface area contributed by atoms with E-state index in [-0.39, 0.29) is 5.82 Å². The molecule has 0 aliphatic carbocycles. The van der Waals surface area contributed by atoms with Gasteiger partial charge in [-0.3, -0.25) is 10.4 Å². The van der Waals surface area contributed by atoms with Gasteiger partial charge >= 0.3 is 0 Å². The molecule has 0 aliphatic rings. The van der Waals surface area contributed by atoms with Crippen molar-refractivity contribution in [3.05, 3.63) is 65.6 Å². The number of benzene rings is 2. The number of hydrazone groups is 1. The molecule has 0 bridgehead atoms. The van der Waals surface area contributed by atoms with E-state index in [2.05, 4.69) is 15.5 Å². The van der Waals surface area contributed by atoms with Gasteiger partial charge in [-0.15, -0.1) is 0 Å². The molecule has 0 radical (unpaired) electrons. The lowest BCUT2D eigenvalue weighted by molar-refractivity contribution is 0.340. The van der Waals surface area contributed by atoms with Crippen LogP contribution in [-0.4, -0.2) is 17.8 Å². The van der Waals surface area contributed by atoms with Crippen LogP contribution in [0.5, 0.6) is 5.75 Å². The number of anilines is 1. The van der Waals surface area contributed by atoms with Gasteiger partial charge in [0.1, 0.15) is 11.6 Å². The molecular formula is C19H18FN3O. The van der Waals surface area contributed by atoms with Gasteiger partial charge in [0.2, 0.25) is 0 Å². The number of nitrogens with zero attached hydrogens (tertiary/aromatic N) is 2. The predicted octanol–water partition coefficient (Wildman–Crippen LogP) is 4.53. The Balaban J connectivity index is 1.90. The van der Waals surface area contributed by atoms with E-state index >= 15 is 0 Å². The smallest absolute Gasteiger partial charge is 0.132 e. The SMILES string of the molecule is CCOc1ccc2c(N/N=C/c3ccccc3F)cc(C)nc2c1. The molecule has 0 saturated carbocycles. The van der Waals surface area contributed by atoms with E-state index < -0.39 is 0 Å². The summed E-state index contributed by atoms with van der Waals surface area (Å²) in [7, 11) is 0. The minimum atomic E-state index is -0.305. The Bertz CT molecular complexity index is 893. The first-order chi connectivity index (χ1) is 11.7. The fourth-order valence-corrected chi connectivity index (χ4v) is 2.44. The fourth-order valence-electron chi connectivity index (χ4n) is 2.44. The summed E-state index contributed by atoms with van der Waals surface area (Å²) in [6.07, 6.45) is 1.46. The first-order valence-electron chi connectivity index (χ1n) is 7.75. The Hall–Kier alpha value is -2.95. The fraction of sp³-hybridized carbons (Fsp3) is 0.158. The zero-order valence-corrected chi connectivity index (χ0v) is 13.6. The third-order valence-corrected chi connectivity index (χ3v) is 3.51. The Labute approximate surface area is 140 Å². The van der Waals surface area contributed by atoms with Crippen LogP contribution in [0.25, 0.3) is 10.9 Å². The molecule has 122 valence electrons. The van der Waals surface area contributed by atoms with Crippen molar-refractivity contribution in [2.75, 3.05) is 12.0 Å². The monoisotopic (exact) mass is 323 g/mol. The Morgan fingerprint density at radius 1 is 1.21 bits per heavy atom. The number of hydrogen-bond acceptors (Lipinski definition) is 4. The third-order valence-electron chi connectivity index (χ3n) is 3.51.